The van der Waals surface area contributed by atoms with Gasteiger partial charge in [0.15, 0.2) is 5.92 Å². The topological polar surface area (TPSA) is 56.0 Å². The fourth-order valence-corrected chi connectivity index (χ4v) is 0.876. The Bertz CT molecular complexity index is 230. The second kappa shape index (κ2) is 5.33. The van der Waals surface area contributed by atoms with Crippen LogP contribution >= 0.6 is 0 Å². The Labute approximate surface area is 86.9 Å². The van der Waals surface area contributed by atoms with Crippen LogP contribution in [-0.4, -0.2) is 30.0 Å². The third-order valence-electron chi connectivity index (χ3n) is 2.41. The molecule has 3 nitrogen and oxygen atoms in total. The first-order chi connectivity index (χ1) is 6.79. The molecule has 0 rings (SSSR count). The first-order valence-electron chi connectivity index (χ1n) is 4.61. The van der Waals surface area contributed by atoms with Gasteiger partial charge in [0, 0.05) is 12.1 Å². The highest BCUT2D eigenvalue weighted by Gasteiger charge is 2.40. The van der Waals surface area contributed by atoms with Crippen LogP contribution in [0.25, 0.3) is 0 Å². The van der Waals surface area contributed by atoms with Crippen molar-refractivity contribution in [1.29, 1.82) is 5.26 Å². The zero-order valence-corrected chi connectivity index (χ0v) is 8.73. The molecule has 0 saturated heterocycles. The zero-order valence-electron chi connectivity index (χ0n) is 8.73. The van der Waals surface area contributed by atoms with E-state index in [2.05, 4.69) is 5.32 Å². The van der Waals surface area contributed by atoms with E-state index in [1.807, 2.05) is 0 Å². The Morgan fingerprint density at radius 1 is 1.47 bits per heavy atom. The van der Waals surface area contributed by atoms with Crippen molar-refractivity contribution in [3.8, 4) is 6.07 Å². The highest BCUT2D eigenvalue weighted by atomic mass is 19.4. The van der Waals surface area contributed by atoms with E-state index >= 15 is 0 Å². The molecule has 0 aromatic rings. The molecule has 0 fully saturated rings. The summed E-state index contributed by atoms with van der Waals surface area (Å²) >= 11 is 0. The standard InChI is InChI=1S/C9H15F3N2O/c1-3-8(2,6-15)14-5-7(4-13)9(10,11)12/h7,14-15H,3,5-6H2,1-2H3. The van der Waals surface area contributed by atoms with E-state index < -0.39 is 24.2 Å². The van der Waals surface area contributed by atoms with Crippen molar-refractivity contribution >= 4 is 0 Å². The van der Waals surface area contributed by atoms with E-state index in [1.54, 1.807) is 13.8 Å². The highest BCUT2D eigenvalue weighted by molar-refractivity contribution is 4.92. The normalized spacial score (nSPS) is 17.9. The Balaban J connectivity index is 4.31. The first-order valence-corrected chi connectivity index (χ1v) is 4.61. The van der Waals surface area contributed by atoms with Gasteiger partial charge >= 0.3 is 6.18 Å². The van der Waals surface area contributed by atoms with Crippen LogP contribution in [0.1, 0.15) is 20.3 Å². The summed E-state index contributed by atoms with van der Waals surface area (Å²) in [5.41, 5.74) is -0.764. The summed E-state index contributed by atoms with van der Waals surface area (Å²) in [4.78, 5) is 0. The summed E-state index contributed by atoms with van der Waals surface area (Å²) in [6.07, 6.45) is -4.04. The fraction of sp³-hybridized carbons (Fsp3) is 0.889. The molecule has 0 aromatic carbocycles. The second-order valence-electron chi connectivity index (χ2n) is 3.68. The lowest BCUT2D eigenvalue weighted by Crippen LogP contribution is -2.48. The van der Waals surface area contributed by atoms with Gasteiger partial charge in [0.25, 0.3) is 0 Å². The van der Waals surface area contributed by atoms with Crippen molar-refractivity contribution in [1.82, 2.24) is 5.32 Å². The van der Waals surface area contributed by atoms with E-state index in [9.17, 15) is 13.2 Å². The lowest BCUT2D eigenvalue weighted by atomic mass is 9.99. The van der Waals surface area contributed by atoms with Gasteiger partial charge in [-0.05, 0) is 13.3 Å². The monoisotopic (exact) mass is 224 g/mol. The van der Waals surface area contributed by atoms with Crippen molar-refractivity contribution in [2.75, 3.05) is 13.2 Å². The summed E-state index contributed by atoms with van der Waals surface area (Å²) in [6.45, 7) is 2.60. The van der Waals surface area contributed by atoms with Crippen molar-refractivity contribution in [2.45, 2.75) is 32.0 Å². The average molecular weight is 224 g/mol. The molecule has 0 amide bonds. The van der Waals surface area contributed by atoms with Crippen LogP contribution in [0.15, 0.2) is 0 Å². The Morgan fingerprint density at radius 2 is 2.00 bits per heavy atom. The number of alkyl halides is 3. The maximum Gasteiger partial charge on any atom is 0.405 e. The van der Waals surface area contributed by atoms with E-state index in [1.165, 1.54) is 6.07 Å². The molecule has 88 valence electrons. The minimum atomic E-state index is -4.52. The smallest absolute Gasteiger partial charge is 0.394 e. The van der Waals surface area contributed by atoms with E-state index in [0.29, 0.717) is 6.42 Å². The van der Waals surface area contributed by atoms with Crippen LogP contribution in [0.3, 0.4) is 0 Å². The molecule has 0 aliphatic carbocycles. The van der Waals surface area contributed by atoms with Gasteiger partial charge in [-0.15, -0.1) is 0 Å². The second-order valence-corrected chi connectivity index (χ2v) is 3.68. The van der Waals surface area contributed by atoms with Crippen molar-refractivity contribution in [3.63, 3.8) is 0 Å². The van der Waals surface area contributed by atoms with Crippen LogP contribution < -0.4 is 5.32 Å². The maximum atomic E-state index is 12.2. The van der Waals surface area contributed by atoms with Crippen LogP contribution in [-0.2, 0) is 0 Å². The number of halogens is 3. The number of nitrogens with one attached hydrogen (secondary N) is 1. The third kappa shape index (κ3) is 4.49. The molecule has 0 heterocycles. The van der Waals surface area contributed by atoms with E-state index in [0.717, 1.165) is 0 Å². The predicted octanol–water partition coefficient (Wildman–Crippen LogP) is 1.44. The van der Waals surface area contributed by atoms with Gasteiger partial charge in [-0.25, -0.2) is 0 Å². The van der Waals surface area contributed by atoms with Gasteiger partial charge in [-0.1, -0.05) is 6.92 Å². The van der Waals surface area contributed by atoms with E-state index in [4.69, 9.17) is 10.4 Å². The molecule has 0 saturated carbocycles. The van der Waals surface area contributed by atoms with E-state index in [-0.39, 0.29) is 6.61 Å². The fourth-order valence-electron chi connectivity index (χ4n) is 0.876. The first kappa shape index (κ1) is 14.2. The van der Waals surface area contributed by atoms with Gasteiger partial charge in [0.2, 0.25) is 0 Å². The zero-order chi connectivity index (χ0) is 12.1. The molecular formula is C9H15F3N2O. The molecule has 0 aromatic heterocycles. The van der Waals surface area contributed by atoms with Gasteiger partial charge in [0.1, 0.15) is 0 Å². The number of aliphatic hydroxyl groups is 1. The summed E-state index contributed by atoms with van der Waals surface area (Å²) in [5.74, 6) is -2.03. The third-order valence-corrected chi connectivity index (χ3v) is 2.41. The van der Waals surface area contributed by atoms with Crippen LogP contribution in [0.2, 0.25) is 0 Å². The van der Waals surface area contributed by atoms with Crippen molar-refractivity contribution < 1.29 is 18.3 Å². The maximum absolute atomic E-state index is 12.2. The predicted molar refractivity (Wildman–Crippen MR) is 48.9 cm³/mol. The molecular weight excluding hydrogens is 209 g/mol. The molecule has 2 N–H and O–H groups in total. The van der Waals surface area contributed by atoms with Gasteiger partial charge in [0.05, 0.1) is 12.7 Å². The number of nitrogens with zero attached hydrogens (tertiary/aromatic N) is 1. The molecule has 6 heteroatoms. The quantitative estimate of drug-likeness (QED) is 0.743. The minimum Gasteiger partial charge on any atom is -0.394 e. The number of nitriles is 1. The molecule has 2 unspecified atom stereocenters. The van der Waals surface area contributed by atoms with Gasteiger partial charge in [-0.2, -0.15) is 18.4 Å². The number of aliphatic hydroxyl groups excluding tert-OH is 1. The van der Waals surface area contributed by atoms with Gasteiger partial charge < -0.3 is 10.4 Å². The molecule has 0 aliphatic heterocycles. The minimum absolute atomic E-state index is 0.264. The summed E-state index contributed by atoms with van der Waals surface area (Å²) < 4.78 is 36.5. The van der Waals surface area contributed by atoms with Crippen LogP contribution in [0.4, 0.5) is 13.2 Å². The largest absolute Gasteiger partial charge is 0.405 e. The van der Waals surface area contributed by atoms with Gasteiger partial charge in [-0.3, -0.25) is 0 Å². The summed E-state index contributed by atoms with van der Waals surface area (Å²) in [7, 11) is 0. The van der Waals surface area contributed by atoms with Crippen molar-refractivity contribution in [3.05, 3.63) is 0 Å². The Morgan fingerprint density at radius 3 is 2.27 bits per heavy atom. The lowest BCUT2D eigenvalue weighted by Gasteiger charge is -2.28. The molecule has 0 spiro atoms. The lowest BCUT2D eigenvalue weighted by molar-refractivity contribution is -0.158. The molecule has 0 radical (unpaired) electrons. The van der Waals surface area contributed by atoms with Crippen LogP contribution in [0, 0.1) is 17.2 Å². The number of hydrogen-bond donors (Lipinski definition) is 2. The summed E-state index contributed by atoms with van der Waals surface area (Å²) in [5, 5.41) is 19.8. The average Bonchev–Trinajstić information content (AvgIpc) is 2.16. The number of hydrogen-bond acceptors (Lipinski definition) is 3. The molecule has 0 aliphatic rings. The highest BCUT2D eigenvalue weighted by Crippen LogP contribution is 2.25. The van der Waals surface area contributed by atoms with Crippen molar-refractivity contribution in [2.24, 2.45) is 5.92 Å². The Hall–Kier alpha value is -0.800. The molecule has 2 atom stereocenters. The molecule has 0 bridgehead atoms. The Kier molecular flexibility index (Phi) is 5.05. The molecule has 15 heavy (non-hydrogen) atoms. The SMILES string of the molecule is CCC(C)(CO)NCC(C#N)C(F)(F)F. The number of rotatable bonds is 5. The summed E-state index contributed by atoms with van der Waals surface area (Å²) in [6, 6.07) is 1.19. The van der Waals surface area contributed by atoms with Crippen LogP contribution in [0.5, 0.6) is 0 Å².